The fourth-order valence-electron chi connectivity index (χ4n) is 1.42. The van der Waals surface area contributed by atoms with E-state index in [2.05, 4.69) is 9.97 Å². The van der Waals surface area contributed by atoms with Gasteiger partial charge in [-0.15, -0.1) is 11.6 Å². The molecule has 1 aromatic carbocycles. The lowest BCUT2D eigenvalue weighted by molar-refractivity contribution is 0.602. The Morgan fingerprint density at radius 1 is 1.31 bits per heavy atom. The minimum atomic E-state index is -0.484. The van der Waals surface area contributed by atoms with Crippen LogP contribution in [0.15, 0.2) is 24.4 Å². The Kier molecular flexibility index (Phi) is 3.19. The van der Waals surface area contributed by atoms with Gasteiger partial charge in [0.1, 0.15) is 17.5 Å². The molecule has 1 heterocycles. The lowest BCUT2D eigenvalue weighted by Crippen LogP contribution is -1.90. The highest BCUT2D eigenvalue weighted by Gasteiger charge is 2.09. The van der Waals surface area contributed by atoms with Crippen LogP contribution in [0.25, 0.3) is 11.3 Å². The Morgan fingerprint density at radius 2 is 2.12 bits per heavy atom. The molecule has 16 heavy (non-hydrogen) atoms. The van der Waals surface area contributed by atoms with Gasteiger partial charge in [-0.05, 0) is 18.2 Å². The highest BCUT2D eigenvalue weighted by atomic mass is 35.5. The molecule has 0 spiro atoms. The second-order valence-electron chi connectivity index (χ2n) is 3.31. The number of imidazole rings is 1. The Labute approximate surface area is 96.3 Å². The number of hydrogen-bond donors (Lipinski definition) is 1. The monoisotopic (exact) mass is 242 g/mol. The van der Waals surface area contributed by atoms with Gasteiger partial charge in [-0.3, -0.25) is 0 Å². The number of aromatic amines is 1. The summed E-state index contributed by atoms with van der Waals surface area (Å²) < 4.78 is 26.4. The van der Waals surface area contributed by atoms with Crippen molar-refractivity contribution < 1.29 is 8.78 Å². The molecule has 0 aliphatic carbocycles. The third-order valence-electron chi connectivity index (χ3n) is 2.18. The molecule has 0 aliphatic heterocycles. The zero-order valence-corrected chi connectivity index (χ0v) is 9.06. The third kappa shape index (κ3) is 2.22. The van der Waals surface area contributed by atoms with Crippen molar-refractivity contribution in [2.75, 3.05) is 5.88 Å². The number of H-pyrrole nitrogens is 1. The lowest BCUT2D eigenvalue weighted by atomic mass is 10.1. The van der Waals surface area contributed by atoms with Gasteiger partial charge in [-0.2, -0.15) is 0 Å². The summed E-state index contributed by atoms with van der Waals surface area (Å²) in [7, 11) is 0. The summed E-state index contributed by atoms with van der Waals surface area (Å²) in [6.45, 7) is 0. The molecule has 1 N–H and O–H groups in total. The van der Waals surface area contributed by atoms with E-state index in [-0.39, 0.29) is 5.56 Å². The third-order valence-corrected chi connectivity index (χ3v) is 2.37. The first-order valence-electron chi connectivity index (χ1n) is 4.76. The summed E-state index contributed by atoms with van der Waals surface area (Å²) in [6, 6.07) is 3.30. The molecule has 2 rings (SSSR count). The molecule has 0 saturated heterocycles. The average molecular weight is 243 g/mol. The molecule has 84 valence electrons. The van der Waals surface area contributed by atoms with Crippen LogP contribution in [0.4, 0.5) is 8.78 Å². The van der Waals surface area contributed by atoms with E-state index in [1.54, 1.807) is 0 Å². The number of alkyl halides is 1. The number of nitrogens with zero attached hydrogens (tertiary/aromatic N) is 1. The molecule has 0 unspecified atom stereocenters. The van der Waals surface area contributed by atoms with Crippen molar-refractivity contribution in [3.63, 3.8) is 0 Å². The van der Waals surface area contributed by atoms with Gasteiger partial charge in [0.2, 0.25) is 0 Å². The van der Waals surface area contributed by atoms with Gasteiger partial charge in [0.05, 0.1) is 11.9 Å². The minimum absolute atomic E-state index is 0.174. The Morgan fingerprint density at radius 3 is 2.88 bits per heavy atom. The maximum absolute atomic E-state index is 13.4. The maximum atomic E-state index is 13.4. The van der Waals surface area contributed by atoms with E-state index in [1.165, 1.54) is 6.20 Å². The van der Waals surface area contributed by atoms with Crippen molar-refractivity contribution in [1.29, 1.82) is 0 Å². The van der Waals surface area contributed by atoms with Crippen LogP contribution < -0.4 is 0 Å². The van der Waals surface area contributed by atoms with Crippen molar-refractivity contribution in [2.45, 2.75) is 6.42 Å². The van der Waals surface area contributed by atoms with E-state index in [9.17, 15) is 8.78 Å². The van der Waals surface area contributed by atoms with Gasteiger partial charge in [-0.1, -0.05) is 0 Å². The van der Waals surface area contributed by atoms with Crippen LogP contribution in [0.1, 0.15) is 5.82 Å². The molecule has 5 heteroatoms. The number of halogens is 3. The van der Waals surface area contributed by atoms with E-state index in [0.29, 0.717) is 23.8 Å². The predicted molar refractivity (Wildman–Crippen MR) is 58.4 cm³/mol. The fraction of sp³-hybridized carbons (Fsp3) is 0.182. The van der Waals surface area contributed by atoms with Gasteiger partial charge in [0.25, 0.3) is 0 Å². The molecule has 0 bridgehead atoms. The Hall–Kier alpha value is -1.42. The van der Waals surface area contributed by atoms with Crippen LogP contribution >= 0.6 is 11.6 Å². The van der Waals surface area contributed by atoms with E-state index < -0.39 is 11.6 Å². The minimum Gasteiger partial charge on any atom is -0.342 e. The largest absolute Gasteiger partial charge is 0.342 e. The zero-order valence-electron chi connectivity index (χ0n) is 8.30. The molecular weight excluding hydrogens is 234 g/mol. The Balaban J connectivity index is 2.38. The van der Waals surface area contributed by atoms with Crippen LogP contribution in [0.3, 0.4) is 0 Å². The highest BCUT2D eigenvalue weighted by Crippen LogP contribution is 2.21. The van der Waals surface area contributed by atoms with Gasteiger partial charge in [0, 0.05) is 17.9 Å². The highest BCUT2D eigenvalue weighted by molar-refractivity contribution is 6.17. The topological polar surface area (TPSA) is 28.7 Å². The molecule has 2 aromatic rings. The van der Waals surface area contributed by atoms with Gasteiger partial charge in [0.15, 0.2) is 0 Å². The van der Waals surface area contributed by atoms with Crippen molar-refractivity contribution in [3.05, 3.63) is 41.9 Å². The molecule has 2 nitrogen and oxygen atoms in total. The number of benzene rings is 1. The second kappa shape index (κ2) is 4.61. The van der Waals surface area contributed by atoms with Crippen molar-refractivity contribution in [3.8, 4) is 11.3 Å². The standard InChI is InChI=1S/C11H9ClF2N2/c12-4-3-11-15-6-10(16-11)8-5-7(13)1-2-9(8)14/h1-2,5-6H,3-4H2,(H,15,16). The number of aromatic nitrogens is 2. The van der Waals surface area contributed by atoms with E-state index in [4.69, 9.17) is 11.6 Å². The van der Waals surface area contributed by atoms with Crippen molar-refractivity contribution in [1.82, 2.24) is 9.97 Å². The molecule has 0 atom stereocenters. The van der Waals surface area contributed by atoms with Gasteiger partial charge >= 0.3 is 0 Å². The van der Waals surface area contributed by atoms with Crippen molar-refractivity contribution in [2.24, 2.45) is 0 Å². The second-order valence-corrected chi connectivity index (χ2v) is 3.68. The van der Waals surface area contributed by atoms with Crippen molar-refractivity contribution >= 4 is 11.6 Å². The molecular formula is C11H9ClF2N2. The smallest absolute Gasteiger partial charge is 0.132 e. The van der Waals surface area contributed by atoms with Gasteiger partial charge in [-0.25, -0.2) is 13.8 Å². The first-order chi connectivity index (χ1) is 7.70. The van der Waals surface area contributed by atoms with E-state index in [0.717, 1.165) is 18.2 Å². The average Bonchev–Trinajstić information content (AvgIpc) is 2.71. The van der Waals surface area contributed by atoms with E-state index in [1.807, 2.05) is 0 Å². The molecule has 0 saturated carbocycles. The summed E-state index contributed by atoms with van der Waals surface area (Å²) in [5.74, 6) is 0.125. The van der Waals surface area contributed by atoms with Gasteiger partial charge < -0.3 is 4.98 Å². The van der Waals surface area contributed by atoms with Crippen LogP contribution in [-0.4, -0.2) is 15.8 Å². The summed E-state index contributed by atoms with van der Waals surface area (Å²) in [4.78, 5) is 6.92. The summed E-state index contributed by atoms with van der Waals surface area (Å²) >= 11 is 5.55. The number of hydrogen-bond acceptors (Lipinski definition) is 1. The molecule has 0 amide bonds. The number of aryl methyl sites for hydroxylation is 1. The molecule has 1 aromatic heterocycles. The van der Waals surface area contributed by atoms with Crippen LogP contribution in [0, 0.1) is 11.6 Å². The number of nitrogens with one attached hydrogen (secondary N) is 1. The summed E-state index contributed by atoms with van der Waals surface area (Å²) in [5.41, 5.74) is 0.630. The molecule has 0 radical (unpaired) electrons. The molecule has 0 fully saturated rings. The Bertz CT molecular complexity index is 496. The quantitative estimate of drug-likeness (QED) is 0.823. The first-order valence-corrected chi connectivity index (χ1v) is 5.29. The molecule has 0 aliphatic rings. The van der Waals surface area contributed by atoms with E-state index >= 15 is 0 Å². The first kappa shape index (κ1) is 11.1. The van der Waals surface area contributed by atoms with Crippen LogP contribution in [0.2, 0.25) is 0 Å². The normalized spacial score (nSPS) is 10.7. The summed E-state index contributed by atoms with van der Waals surface area (Å²) in [6.07, 6.45) is 2.04. The fourth-order valence-corrected chi connectivity index (χ4v) is 1.60. The predicted octanol–water partition coefficient (Wildman–Crippen LogP) is 3.14. The zero-order chi connectivity index (χ0) is 11.5. The van der Waals surface area contributed by atoms with Crippen LogP contribution in [-0.2, 0) is 6.42 Å². The SMILES string of the molecule is Fc1ccc(F)c(-c2cnc(CCCl)[nH]2)c1. The van der Waals surface area contributed by atoms with Crippen LogP contribution in [0.5, 0.6) is 0 Å². The number of rotatable bonds is 3. The maximum Gasteiger partial charge on any atom is 0.132 e. The lowest BCUT2D eigenvalue weighted by Gasteiger charge is -1.99. The summed E-state index contributed by atoms with van der Waals surface area (Å²) in [5, 5.41) is 0.